The van der Waals surface area contributed by atoms with Crippen LogP contribution in [0.2, 0.25) is 0 Å². The Hall–Kier alpha value is -1.80. The number of hydrogen-bond donors (Lipinski definition) is 4. The maximum Gasteiger partial charge on any atom is 0.279 e. The van der Waals surface area contributed by atoms with Gasteiger partial charge in [-0.1, -0.05) is 71.6 Å². The third-order valence-electron chi connectivity index (χ3n) is 6.46. The minimum Gasteiger partial charge on any atom is -0.396 e. The van der Waals surface area contributed by atoms with E-state index in [9.17, 15) is 18.4 Å². The highest BCUT2D eigenvalue weighted by molar-refractivity contribution is 5.92. The SMILES string of the molecule is CCC[C@@H](NC(=O)/C(F)=C\CCCCCCCCO)[C@H](CC)NC(=O)/C(F)=C\CCCCCCCCO. The van der Waals surface area contributed by atoms with E-state index < -0.39 is 35.6 Å². The Morgan fingerprint density at radius 2 is 1.03 bits per heavy atom. The van der Waals surface area contributed by atoms with Gasteiger partial charge in [0.2, 0.25) is 0 Å². The molecule has 2 amide bonds. The number of halogens is 2. The van der Waals surface area contributed by atoms with Crippen LogP contribution >= 0.6 is 0 Å². The number of carbonyl (C=O) groups is 2. The Morgan fingerprint density at radius 1 is 0.649 bits per heavy atom. The fourth-order valence-corrected chi connectivity index (χ4v) is 4.22. The summed E-state index contributed by atoms with van der Waals surface area (Å²) in [6.07, 6.45) is 16.5. The van der Waals surface area contributed by atoms with Gasteiger partial charge in [0.05, 0.1) is 0 Å². The molecule has 0 spiro atoms. The topological polar surface area (TPSA) is 98.7 Å². The number of aliphatic hydroxyl groups excluding tert-OH is 2. The van der Waals surface area contributed by atoms with Gasteiger partial charge in [-0.05, 0) is 63.5 Å². The molecule has 4 N–H and O–H groups in total. The average Bonchev–Trinajstić information content (AvgIpc) is 2.89. The summed E-state index contributed by atoms with van der Waals surface area (Å²) in [5, 5.41) is 22.9. The third-order valence-corrected chi connectivity index (χ3v) is 6.46. The largest absolute Gasteiger partial charge is 0.396 e. The summed E-state index contributed by atoms with van der Waals surface area (Å²) < 4.78 is 28.7. The van der Waals surface area contributed by atoms with Crippen molar-refractivity contribution in [3.63, 3.8) is 0 Å². The van der Waals surface area contributed by atoms with Crippen LogP contribution in [0.15, 0.2) is 23.8 Å². The van der Waals surface area contributed by atoms with E-state index in [2.05, 4.69) is 10.6 Å². The van der Waals surface area contributed by atoms with Gasteiger partial charge in [0.25, 0.3) is 11.8 Å². The highest BCUT2D eigenvalue weighted by Gasteiger charge is 2.25. The van der Waals surface area contributed by atoms with Crippen LogP contribution in [0, 0.1) is 0 Å². The van der Waals surface area contributed by atoms with Gasteiger partial charge in [-0.3, -0.25) is 9.59 Å². The Morgan fingerprint density at radius 3 is 1.41 bits per heavy atom. The van der Waals surface area contributed by atoms with Crippen LogP contribution in [0.25, 0.3) is 0 Å². The van der Waals surface area contributed by atoms with E-state index in [0.29, 0.717) is 25.7 Å². The minimum atomic E-state index is -0.831. The number of amides is 2. The first-order valence-electron chi connectivity index (χ1n) is 14.5. The molecule has 0 rings (SSSR count). The van der Waals surface area contributed by atoms with E-state index in [1.165, 1.54) is 12.2 Å². The Labute approximate surface area is 223 Å². The number of nitrogens with one attached hydrogen (secondary N) is 2. The molecule has 0 aromatic carbocycles. The summed E-state index contributed by atoms with van der Waals surface area (Å²) in [5.74, 6) is -3.27. The predicted octanol–water partition coefficient (Wildman–Crippen LogP) is 6.32. The minimum absolute atomic E-state index is 0.212. The van der Waals surface area contributed by atoms with Gasteiger partial charge in [0.1, 0.15) is 0 Å². The van der Waals surface area contributed by atoms with Crippen LogP contribution in [0.3, 0.4) is 0 Å². The molecule has 0 aromatic rings. The highest BCUT2D eigenvalue weighted by Crippen LogP contribution is 2.13. The summed E-state index contributed by atoms with van der Waals surface area (Å²) in [7, 11) is 0. The normalized spacial score (nSPS) is 13.9. The van der Waals surface area contributed by atoms with Crippen molar-refractivity contribution in [3.8, 4) is 0 Å². The molecule has 216 valence electrons. The van der Waals surface area contributed by atoms with Crippen LogP contribution in [0.4, 0.5) is 8.78 Å². The zero-order chi connectivity index (χ0) is 27.7. The summed E-state index contributed by atoms with van der Waals surface area (Å²) in [4.78, 5) is 24.8. The molecule has 0 saturated carbocycles. The lowest BCUT2D eigenvalue weighted by Crippen LogP contribution is -2.51. The molecule has 37 heavy (non-hydrogen) atoms. The number of carbonyl (C=O) groups excluding carboxylic acids is 2. The van der Waals surface area contributed by atoms with Crippen LogP contribution in [0.1, 0.15) is 123 Å². The van der Waals surface area contributed by atoms with E-state index in [-0.39, 0.29) is 13.2 Å². The molecular weight excluding hydrogens is 478 g/mol. The number of hydrogen-bond acceptors (Lipinski definition) is 4. The maximum absolute atomic E-state index is 14.4. The zero-order valence-electron chi connectivity index (χ0n) is 23.2. The van der Waals surface area contributed by atoms with Gasteiger partial charge in [0, 0.05) is 25.3 Å². The summed E-state index contributed by atoms with van der Waals surface area (Å²) in [6, 6.07) is -1.00. The molecule has 0 saturated heterocycles. The molecule has 0 aliphatic rings. The third kappa shape index (κ3) is 19.0. The van der Waals surface area contributed by atoms with Gasteiger partial charge >= 0.3 is 0 Å². The molecular formula is C29H52F2N2O4. The molecule has 0 aromatic heterocycles. The van der Waals surface area contributed by atoms with Gasteiger partial charge in [-0.2, -0.15) is 0 Å². The standard InChI is InChI=1S/C29H52F2N2O4/c1-3-19-27(33-29(37)25(31)21-16-12-8-6-10-14-18-23-35)26(4-2)32-28(36)24(30)20-15-11-7-5-9-13-17-22-34/h20-21,26-27,34-35H,3-19,22-23H2,1-2H3,(H,32,36)(H,33,37)/b24-20+,25-21+/t26-,27+/m0/s1. The van der Waals surface area contributed by atoms with Crippen molar-refractivity contribution < 1.29 is 28.6 Å². The monoisotopic (exact) mass is 530 g/mol. The van der Waals surface area contributed by atoms with E-state index in [1.807, 2.05) is 13.8 Å². The van der Waals surface area contributed by atoms with E-state index in [0.717, 1.165) is 83.5 Å². The summed E-state index contributed by atoms with van der Waals surface area (Å²) >= 11 is 0. The quantitative estimate of drug-likeness (QED) is 0.0867. The second-order valence-electron chi connectivity index (χ2n) is 9.73. The first kappa shape index (κ1) is 35.2. The summed E-state index contributed by atoms with van der Waals surface area (Å²) in [6.45, 7) is 4.20. The molecule has 0 aliphatic heterocycles. The average molecular weight is 531 g/mol. The number of rotatable bonds is 24. The van der Waals surface area contributed by atoms with Crippen molar-refractivity contribution >= 4 is 11.8 Å². The Kier molecular flexibility index (Phi) is 23.3. The lowest BCUT2D eigenvalue weighted by molar-refractivity contribution is -0.122. The van der Waals surface area contributed by atoms with Crippen LogP contribution in [-0.4, -0.2) is 47.3 Å². The number of allylic oxidation sites excluding steroid dienone is 2. The molecule has 0 bridgehead atoms. The van der Waals surface area contributed by atoms with E-state index in [1.54, 1.807) is 0 Å². The Bertz CT molecular complexity index is 656. The molecule has 8 heteroatoms. The van der Waals surface area contributed by atoms with Gasteiger partial charge in [-0.25, -0.2) is 8.78 Å². The fourth-order valence-electron chi connectivity index (χ4n) is 4.22. The predicted molar refractivity (Wildman–Crippen MR) is 146 cm³/mol. The second kappa shape index (κ2) is 24.5. The zero-order valence-corrected chi connectivity index (χ0v) is 23.2. The van der Waals surface area contributed by atoms with Crippen molar-refractivity contribution in [3.05, 3.63) is 23.8 Å². The molecule has 0 unspecified atom stereocenters. The van der Waals surface area contributed by atoms with Crippen LogP contribution in [-0.2, 0) is 9.59 Å². The van der Waals surface area contributed by atoms with Crippen LogP contribution in [0.5, 0.6) is 0 Å². The molecule has 6 nitrogen and oxygen atoms in total. The van der Waals surface area contributed by atoms with Gasteiger partial charge < -0.3 is 20.8 Å². The molecule has 0 fully saturated rings. The lowest BCUT2D eigenvalue weighted by atomic mass is 10.00. The molecule has 0 aliphatic carbocycles. The van der Waals surface area contributed by atoms with Crippen molar-refractivity contribution in [1.82, 2.24) is 10.6 Å². The maximum atomic E-state index is 14.4. The van der Waals surface area contributed by atoms with Crippen molar-refractivity contribution in [2.45, 2.75) is 135 Å². The summed E-state index contributed by atoms with van der Waals surface area (Å²) in [5.41, 5.74) is 0. The smallest absolute Gasteiger partial charge is 0.279 e. The number of aliphatic hydroxyl groups is 2. The second-order valence-corrected chi connectivity index (χ2v) is 9.73. The van der Waals surface area contributed by atoms with E-state index >= 15 is 0 Å². The fraction of sp³-hybridized carbons (Fsp3) is 0.793. The molecule has 0 heterocycles. The number of unbranched alkanes of at least 4 members (excludes halogenated alkanes) is 12. The molecule has 2 atom stereocenters. The van der Waals surface area contributed by atoms with Crippen molar-refractivity contribution in [1.29, 1.82) is 0 Å². The van der Waals surface area contributed by atoms with Gasteiger partial charge in [0.15, 0.2) is 11.7 Å². The van der Waals surface area contributed by atoms with Crippen LogP contribution < -0.4 is 10.6 Å². The highest BCUT2D eigenvalue weighted by atomic mass is 19.1. The molecule has 0 radical (unpaired) electrons. The first-order chi connectivity index (χ1) is 17.9. The van der Waals surface area contributed by atoms with Crippen molar-refractivity contribution in [2.75, 3.05) is 13.2 Å². The van der Waals surface area contributed by atoms with E-state index in [4.69, 9.17) is 10.2 Å². The van der Waals surface area contributed by atoms with Gasteiger partial charge in [-0.15, -0.1) is 0 Å². The van der Waals surface area contributed by atoms with Crippen molar-refractivity contribution in [2.24, 2.45) is 0 Å². The lowest BCUT2D eigenvalue weighted by Gasteiger charge is -2.27. The first-order valence-corrected chi connectivity index (χ1v) is 14.5. The Balaban J connectivity index is 4.60.